The fraction of sp³-hybridized carbons (Fsp3) is 0.400. The molecular formula is C25H24B3N3O5. The van der Waals surface area contributed by atoms with Gasteiger partial charge in [-0.3, -0.25) is 24.6 Å². The van der Waals surface area contributed by atoms with Crippen molar-refractivity contribution in [2.75, 3.05) is 26.3 Å². The number of morpholine rings is 1. The Labute approximate surface area is 213 Å². The van der Waals surface area contributed by atoms with Crippen molar-refractivity contribution in [2.45, 2.75) is 38.6 Å². The highest BCUT2D eigenvalue weighted by atomic mass is 16.5. The number of amides is 3. The predicted octanol–water partition coefficient (Wildman–Crippen LogP) is -1.76. The van der Waals surface area contributed by atoms with E-state index in [1.807, 2.05) is 0 Å². The quantitative estimate of drug-likeness (QED) is 0.391. The maximum absolute atomic E-state index is 13.0. The van der Waals surface area contributed by atoms with Crippen LogP contribution in [-0.2, 0) is 34.0 Å². The second-order valence-corrected chi connectivity index (χ2v) is 9.29. The van der Waals surface area contributed by atoms with Crippen LogP contribution < -0.4 is 26.4 Å². The number of hydrogen-bond acceptors (Lipinski definition) is 6. The fourth-order valence-corrected chi connectivity index (χ4v) is 4.97. The molecule has 1 atom stereocenters. The minimum atomic E-state index is -0.690. The molecule has 1 N–H and O–H groups in total. The summed E-state index contributed by atoms with van der Waals surface area (Å²) < 4.78 is 11.5. The van der Waals surface area contributed by atoms with Crippen molar-refractivity contribution < 1.29 is 23.9 Å². The number of ether oxygens (including phenoxy) is 2. The average molecular weight is 479 g/mol. The molecule has 178 valence electrons. The van der Waals surface area contributed by atoms with Crippen molar-refractivity contribution >= 4 is 57.6 Å². The van der Waals surface area contributed by atoms with Gasteiger partial charge >= 0.3 is 0 Å². The third-order valence-electron chi connectivity index (χ3n) is 7.05. The number of rotatable bonds is 6. The molecule has 2 aromatic carbocycles. The third kappa shape index (κ3) is 4.69. The van der Waals surface area contributed by atoms with E-state index in [2.05, 4.69) is 10.2 Å². The Morgan fingerprint density at radius 2 is 1.86 bits per heavy atom. The summed E-state index contributed by atoms with van der Waals surface area (Å²) >= 11 is 0. The highest BCUT2D eigenvalue weighted by Gasteiger charge is 2.40. The third-order valence-corrected chi connectivity index (χ3v) is 7.05. The molecule has 1 unspecified atom stereocenters. The van der Waals surface area contributed by atoms with Crippen molar-refractivity contribution in [3.8, 4) is 5.75 Å². The molecule has 0 spiro atoms. The molecule has 0 aliphatic carbocycles. The number of carbonyl (C=O) groups is 3. The number of fused-ring (bicyclic) bond motifs is 1. The van der Waals surface area contributed by atoms with Gasteiger partial charge in [0.05, 0.1) is 19.8 Å². The maximum atomic E-state index is 13.0. The van der Waals surface area contributed by atoms with Gasteiger partial charge in [0, 0.05) is 37.2 Å². The maximum Gasteiger partial charge on any atom is 0.255 e. The van der Waals surface area contributed by atoms with E-state index in [4.69, 9.17) is 33.0 Å². The van der Waals surface area contributed by atoms with Crippen LogP contribution in [0.1, 0.15) is 39.9 Å². The van der Waals surface area contributed by atoms with E-state index < -0.39 is 11.9 Å². The molecule has 5 rings (SSSR count). The molecule has 2 fully saturated rings. The van der Waals surface area contributed by atoms with Crippen molar-refractivity contribution in [3.05, 3.63) is 46.5 Å². The van der Waals surface area contributed by atoms with E-state index in [0.29, 0.717) is 65.0 Å². The number of nitrogens with zero attached hydrogens (tertiary/aromatic N) is 2. The molecule has 3 amide bonds. The normalized spacial score (nSPS) is 20.4. The summed E-state index contributed by atoms with van der Waals surface area (Å²) in [7, 11) is 19.1. The lowest BCUT2D eigenvalue weighted by molar-refractivity contribution is -0.136. The van der Waals surface area contributed by atoms with Gasteiger partial charge in [-0.05, 0) is 29.7 Å². The van der Waals surface area contributed by atoms with Crippen LogP contribution in [0.15, 0.2) is 24.3 Å². The monoisotopic (exact) mass is 479 g/mol. The molecule has 0 aromatic heterocycles. The zero-order chi connectivity index (χ0) is 25.4. The minimum Gasteiger partial charge on any atom is -0.489 e. The number of hydrogen-bond donors (Lipinski definition) is 1. The molecule has 8 nitrogen and oxygen atoms in total. The molecular weight excluding hydrogens is 455 g/mol. The zero-order valence-corrected chi connectivity index (χ0v) is 19.9. The van der Waals surface area contributed by atoms with E-state index in [1.165, 1.54) is 4.90 Å². The highest BCUT2D eigenvalue weighted by Crippen LogP contribution is 2.33. The van der Waals surface area contributed by atoms with Crippen LogP contribution in [0.4, 0.5) is 0 Å². The molecule has 6 radical (unpaired) electrons. The highest BCUT2D eigenvalue weighted by molar-refractivity contribution is 6.51. The van der Waals surface area contributed by atoms with Gasteiger partial charge in [-0.1, -0.05) is 28.5 Å². The summed E-state index contributed by atoms with van der Waals surface area (Å²) in [5.74, 6) is -0.516. The fourth-order valence-electron chi connectivity index (χ4n) is 4.97. The molecule has 0 saturated carbocycles. The Bertz CT molecular complexity index is 1230. The SMILES string of the molecule is [B]c1cc(COc2cccc3c2CN(C2CCC(=O)NC2=O)C3=O)c([B])c([B])c1CN1CCOCC1. The molecule has 11 heteroatoms. The molecule has 3 aliphatic heterocycles. The van der Waals surface area contributed by atoms with Crippen LogP contribution in [-0.4, -0.2) is 83.4 Å². The van der Waals surface area contributed by atoms with Crippen LogP contribution in [0.25, 0.3) is 0 Å². The lowest BCUT2D eigenvalue weighted by Gasteiger charge is -2.29. The summed E-state index contributed by atoms with van der Waals surface area (Å²) in [5.41, 5.74) is 4.02. The Balaban J connectivity index is 1.32. The van der Waals surface area contributed by atoms with Gasteiger partial charge in [0.1, 0.15) is 41.9 Å². The first-order chi connectivity index (χ1) is 17.3. The van der Waals surface area contributed by atoms with E-state index in [0.717, 1.165) is 18.7 Å². The Kier molecular flexibility index (Phi) is 6.95. The summed E-state index contributed by atoms with van der Waals surface area (Å²) in [5, 5.41) is 2.31. The van der Waals surface area contributed by atoms with Crippen LogP contribution in [0.2, 0.25) is 0 Å². The first-order valence-electron chi connectivity index (χ1n) is 12.0. The van der Waals surface area contributed by atoms with Crippen molar-refractivity contribution in [1.29, 1.82) is 0 Å². The summed E-state index contributed by atoms with van der Waals surface area (Å²) in [6, 6.07) is 6.31. The van der Waals surface area contributed by atoms with Gasteiger partial charge in [-0.2, -0.15) is 0 Å². The second kappa shape index (κ2) is 10.1. The van der Waals surface area contributed by atoms with E-state index in [1.54, 1.807) is 24.3 Å². The number of imide groups is 1. The predicted molar refractivity (Wildman–Crippen MR) is 136 cm³/mol. The summed E-state index contributed by atoms with van der Waals surface area (Å²) in [6.07, 6.45) is 0.496. The first kappa shape index (κ1) is 24.7. The number of carbonyl (C=O) groups excluding carboxylic acids is 3. The Hall–Kier alpha value is -3.04. The van der Waals surface area contributed by atoms with Gasteiger partial charge in [-0.15, -0.1) is 0 Å². The van der Waals surface area contributed by atoms with Crippen molar-refractivity contribution in [2.24, 2.45) is 0 Å². The molecule has 2 saturated heterocycles. The van der Waals surface area contributed by atoms with Gasteiger partial charge in [0.15, 0.2) is 0 Å². The summed E-state index contributed by atoms with van der Waals surface area (Å²) in [4.78, 5) is 40.6. The number of nitrogens with one attached hydrogen (secondary N) is 1. The average Bonchev–Trinajstić information content (AvgIpc) is 3.20. The Morgan fingerprint density at radius 1 is 1.08 bits per heavy atom. The smallest absolute Gasteiger partial charge is 0.255 e. The molecule has 3 aliphatic rings. The lowest BCUT2D eigenvalue weighted by atomic mass is 9.70. The molecule has 0 bridgehead atoms. The van der Waals surface area contributed by atoms with Gasteiger partial charge < -0.3 is 14.4 Å². The van der Waals surface area contributed by atoms with E-state index in [9.17, 15) is 14.4 Å². The Morgan fingerprint density at radius 3 is 2.61 bits per heavy atom. The lowest BCUT2D eigenvalue weighted by Crippen LogP contribution is -2.52. The van der Waals surface area contributed by atoms with Crippen molar-refractivity contribution in [1.82, 2.24) is 15.1 Å². The topological polar surface area (TPSA) is 88.2 Å². The van der Waals surface area contributed by atoms with Crippen molar-refractivity contribution in [3.63, 3.8) is 0 Å². The number of piperidine rings is 1. The van der Waals surface area contributed by atoms with Crippen LogP contribution >= 0.6 is 0 Å². The molecule has 2 aromatic rings. The zero-order valence-electron chi connectivity index (χ0n) is 19.9. The van der Waals surface area contributed by atoms with Gasteiger partial charge in [-0.25, -0.2) is 0 Å². The minimum absolute atomic E-state index is 0.112. The van der Waals surface area contributed by atoms with E-state index >= 15 is 0 Å². The van der Waals surface area contributed by atoms with Gasteiger partial charge in [0.2, 0.25) is 11.8 Å². The first-order valence-corrected chi connectivity index (χ1v) is 12.0. The standard InChI is InChI=1S/C25H24B3N3O5/c26-18-10-14(22(27)23(28)17(18)11-30-6-8-35-9-7-30)13-36-20-3-1-2-15-16(20)12-31(25(15)34)19-4-5-21(32)29-24(19)33/h1-3,10,19H,4-9,11-13H2,(H,29,32,33). The van der Waals surface area contributed by atoms with Gasteiger partial charge in [0.25, 0.3) is 5.91 Å². The van der Waals surface area contributed by atoms with Crippen LogP contribution in [0.5, 0.6) is 5.75 Å². The molecule has 3 heterocycles. The van der Waals surface area contributed by atoms with Crippen LogP contribution in [0, 0.1) is 0 Å². The number of benzene rings is 2. The van der Waals surface area contributed by atoms with Crippen LogP contribution in [0.3, 0.4) is 0 Å². The second-order valence-electron chi connectivity index (χ2n) is 9.29. The molecule has 36 heavy (non-hydrogen) atoms. The van der Waals surface area contributed by atoms with E-state index in [-0.39, 0.29) is 31.4 Å². The summed E-state index contributed by atoms with van der Waals surface area (Å²) in [6.45, 7) is 3.87. The largest absolute Gasteiger partial charge is 0.489 e.